The van der Waals surface area contributed by atoms with Crippen molar-refractivity contribution >= 4 is 22.3 Å². The van der Waals surface area contributed by atoms with E-state index in [1.165, 1.54) is 0 Å². The Morgan fingerprint density at radius 3 is 2.37 bits per heavy atom. The lowest BCUT2D eigenvalue weighted by Gasteiger charge is -2.11. The smallest absolute Gasteiger partial charge is 0.169 e. The van der Waals surface area contributed by atoms with Crippen LogP contribution in [0.2, 0.25) is 0 Å². The highest BCUT2D eigenvalue weighted by atomic mass is 16.5. The molecule has 0 bridgehead atoms. The van der Waals surface area contributed by atoms with E-state index < -0.39 is 0 Å². The highest BCUT2D eigenvalue weighted by Crippen LogP contribution is 2.34. The Morgan fingerprint density at radius 2 is 1.58 bits per heavy atom. The van der Waals surface area contributed by atoms with Crippen LogP contribution in [-0.4, -0.2) is 4.98 Å². The molecule has 3 rings (SSSR count). The van der Waals surface area contributed by atoms with Crippen molar-refractivity contribution < 1.29 is 4.74 Å². The molecule has 4 nitrogen and oxygen atoms in total. The van der Waals surface area contributed by atoms with Gasteiger partial charge < -0.3 is 16.2 Å². The Morgan fingerprint density at radius 1 is 0.789 bits per heavy atom. The predicted octanol–water partition coefficient (Wildman–Crippen LogP) is 3.19. The third-order valence-corrected chi connectivity index (χ3v) is 2.94. The average Bonchev–Trinajstić information content (AvgIpc) is 2.44. The molecule has 0 fully saturated rings. The van der Waals surface area contributed by atoms with E-state index in [-0.39, 0.29) is 0 Å². The predicted molar refractivity (Wildman–Crippen MR) is 77.1 cm³/mol. The molecular weight excluding hydrogens is 238 g/mol. The quantitative estimate of drug-likeness (QED) is 0.686. The summed E-state index contributed by atoms with van der Waals surface area (Å²) < 4.78 is 5.83. The van der Waals surface area contributed by atoms with Gasteiger partial charge in [-0.1, -0.05) is 24.3 Å². The van der Waals surface area contributed by atoms with E-state index in [9.17, 15) is 0 Å². The number of fused-ring (bicyclic) bond motifs is 1. The second-order valence-electron chi connectivity index (χ2n) is 4.19. The monoisotopic (exact) mass is 251 g/mol. The normalized spacial score (nSPS) is 10.5. The van der Waals surface area contributed by atoms with Crippen molar-refractivity contribution in [3.63, 3.8) is 0 Å². The minimum Gasteiger partial charge on any atom is -0.453 e. The maximum atomic E-state index is 5.96. The highest BCUT2D eigenvalue weighted by Gasteiger charge is 2.07. The number of aromatic nitrogens is 1. The van der Waals surface area contributed by atoms with Gasteiger partial charge in [0.05, 0.1) is 0 Å². The zero-order valence-corrected chi connectivity index (χ0v) is 10.2. The van der Waals surface area contributed by atoms with Gasteiger partial charge in [-0.3, -0.25) is 0 Å². The Kier molecular flexibility index (Phi) is 2.68. The molecule has 2 aromatic carbocycles. The van der Waals surface area contributed by atoms with Gasteiger partial charge in [0.15, 0.2) is 11.6 Å². The van der Waals surface area contributed by atoms with Crippen molar-refractivity contribution in [2.24, 2.45) is 0 Å². The van der Waals surface area contributed by atoms with Crippen molar-refractivity contribution in [3.05, 3.63) is 54.7 Å². The number of nitrogen functional groups attached to an aromatic ring is 2. The summed E-state index contributed by atoms with van der Waals surface area (Å²) in [6.07, 6.45) is 1.63. The van der Waals surface area contributed by atoms with Crippen molar-refractivity contribution in [2.75, 3.05) is 11.5 Å². The molecule has 4 N–H and O–H groups in total. The van der Waals surface area contributed by atoms with E-state index in [0.717, 1.165) is 16.5 Å². The van der Waals surface area contributed by atoms with Gasteiger partial charge in [0.1, 0.15) is 5.75 Å². The molecule has 19 heavy (non-hydrogen) atoms. The summed E-state index contributed by atoms with van der Waals surface area (Å²) in [5.41, 5.74) is 12.5. The standard InChI is InChI=1S/C15H13N3O/c16-12-7-8-13(11-5-2-1-4-10(11)12)19-14-6-3-9-18-15(14)17/h1-9H,16H2,(H2,17,18). The molecule has 94 valence electrons. The summed E-state index contributed by atoms with van der Waals surface area (Å²) in [5.74, 6) is 1.62. The fourth-order valence-electron chi connectivity index (χ4n) is 1.99. The largest absolute Gasteiger partial charge is 0.453 e. The fourth-order valence-corrected chi connectivity index (χ4v) is 1.99. The van der Waals surface area contributed by atoms with Crippen LogP contribution in [0.15, 0.2) is 54.7 Å². The fraction of sp³-hybridized carbons (Fsp3) is 0. The SMILES string of the molecule is Nc1ncccc1Oc1ccc(N)c2ccccc12. The van der Waals surface area contributed by atoms with Gasteiger partial charge in [-0.15, -0.1) is 0 Å². The topological polar surface area (TPSA) is 74.2 Å². The first-order valence-electron chi connectivity index (χ1n) is 5.91. The van der Waals surface area contributed by atoms with E-state index in [2.05, 4.69) is 4.98 Å². The molecule has 0 radical (unpaired) electrons. The zero-order chi connectivity index (χ0) is 13.2. The van der Waals surface area contributed by atoms with Crippen LogP contribution in [-0.2, 0) is 0 Å². The Balaban J connectivity index is 2.12. The van der Waals surface area contributed by atoms with E-state index in [0.29, 0.717) is 17.3 Å². The van der Waals surface area contributed by atoms with Crippen LogP contribution in [0.25, 0.3) is 10.8 Å². The van der Waals surface area contributed by atoms with Crippen LogP contribution in [0.3, 0.4) is 0 Å². The summed E-state index contributed by atoms with van der Waals surface area (Å²) in [5, 5.41) is 1.91. The maximum absolute atomic E-state index is 5.96. The lowest BCUT2D eigenvalue weighted by atomic mass is 10.1. The number of hydrogen-bond acceptors (Lipinski definition) is 4. The third kappa shape index (κ3) is 2.04. The van der Waals surface area contributed by atoms with Gasteiger partial charge >= 0.3 is 0 Å². The molecule has 0 aliphatic carbocycles. The number of nitrogens with zero attached hydrogens (tertiary/aromatic N) is 1. The van der Waals surface area contributed by atoms with Crippen molar-refractivity contribution in [3.8, 4) is 11.5 Å². The van der Waals surface area contributed by atoms with Crippen LogP contribution in [0, 0.1) is 0 Å². The van der Waals surface area contributed by atoms with Crippen molar-refractivity contribution in [1.29, 1.82) is 0 Å². The molecule has 0 atom stereocenters. The average molecular weight is 251 g/mol. The summed E-state index contributed by atoms with van der Waals surface area (Å²) in [4.78, 5) is 4.00. The maximum Gasteiger partial charge on any atom is 0.169 e. The van der Waals surface area contributed by atoms with Gasteiger partial charge in [0.25, 0.3) is 0 Å². The van der Waals surface area contributed by atoms with Crippen LogP contribution < -0.4 is 16.2 Å². The molecule has 1 aromatic heterocycles. The lowest BCUT2D eigenvalue weighted by Crippen LogP contribution is -1.95. The van der Waals surface area contributed by atoms with Crippen LogP contribution in [0.4, 0.5) is 11.5 Å². The number of ether oxygens (including phenoxy) is 1. The Hall–Kier alpha value is -2.75. The van der Waals surface area contributed by atoms with Crippen molar-refractivity contribution in [1.82, 2.24) is 4.98 Å². The number of hydrogen-bond donors (Lipinski definition) is 2. The van der Waals surface area contributed by atoms with E-state index in [4.69, 9.17) is 16.2 Å². The Labute approximate surface area is 110 Å². The molecule has 0 saturated carbocycles. The molecule has 0 saturated heterocycles. The third-order valence-electron chi connectivity index (χ3n) is 2.94. The van der Waals surface area contributed by atoms with Gasteiger partial charge in [-0.2, -0.15) is 0 Å². The number of benzene rings is 2. The summed E-state index contributed by atoms with van der Waals surface area (Å²) in [7, 11) is 0. The molecule has 0 aliphatic rings. The molecule has 1 heterocycles. The van der Waals surface area contributed by atoms with Crippen LogP contribution >= 0.6 is 0 Å². The molecule has 0 spiro atoms. The van der Waals surface area contributed by atoms with Gasteiger partial charge in [0.2, 0.25) is 0 Å². The van der Waals surface area contributed by atoms with Crippen LogP contribution in [0.5, 0.6) is 11.5 Å². The number of pyridine rings is 1. The summed E-state index contributed by atoms with van der Waals surface area (Å²) >= 11 is 0. The van der Waals surface area contributed by atoms with Gasteiger partial charge in [0, 0.05) is 22.7 Å². The second kappa shape index (κ2) is 4.49. The minimum atomic E-state index is 0.364. The lowest BCUT2D eigenvalue weighted by molar-refractivity contribution is 0.489. The summed E-state index contributed by atoms with van der Waals surface area (Å²) in [6, 6.07) is 15.0. The molecule has 0 aliphatic heterocycles. The number of nitrogens with two attached hydrogens (primary N) is 2. The second-order valence-corrected chi connectivity index (χ2v) is 4.19. The zero-order valence-electron chi connectivity index (χ0n) is 10.2. The minimum absolute atomic E-state index is 0.364. The van der Waals surface area contributed by atoms with Gasteiger partial charge in [-0.25, -0.2) is 4.98 Å². The van der Waals surface area contributed by atoms with E-state index >= 15 is 0 Å². The Bertz CT molecular complexity index is 740. The first-order valence-corrected chi connectivity index (χ1v) is 5.91. The molecular formula is C15H13N3O. The van der Waals surface area contributed by atoms with Crippen molar-refractivity contribution in [2.45, 2.75) is 0 Å². The van der Waals surface area contributed by atoms with E-state index in [1.807, 2.05) is 36.4 Å². The number of anilines is 2. The molecule has 4 heteroatoms. The molecule has 0 unspecified atom stereocenters. The number of rotatable bonds is 2. The van der Waals surface area contributed by atoms with E-state index in [1.54, 1.807) is 18.3 Å². The first kappa shape index (κ1) is 11.3. The summed E-state index contributed by atoms with van der Waals surface area (Å²) in [6.45, 7) is 0. The van der Waals surface area contributed by atoms with Crippen LogP contribution in [0.1, 0.15) is 0 Å². The van der Waals surface area contributed by atoms with Gasteiger partial charge in [-0.05, 0) is 24.3 Å². The molecule has 3 aromatic rings. The highest BCUT2D eigenvalue weighted by molar-refractivity contribution is 5.97. The molecule has 0 amide bonds. The first-order chi connectivity index (χ1) is 9.25.